The maximum Gasteiger partial charge on any atom is 0.573 e. The Bertz CT molecular complexity index is 1030. The number of alkyl halides is 3. The zero-order chi connectivity index (χ0) is 20.7. The first-order valence-corrected chi connectivity index (χ1v) is 8.48. The molecule has 0 saturated carbocycles. The number of fused-ring (bicyclic) bond motifs is 1. The molecular weight excluding hydrogens is 375 g/mol. The molecule has 150 valence electrons. The minimum Gasteiger partial charge on any atom is -0.406 e. The number of aromatic amines is 1. The first-order valence-electron chi connectivity index (χ1n) is 8.48. The van der Waals surface area contributed by atoms with Gasteiger partial charge in [-0.2, -0.15) is 10.1 Å². The summed E-state index contributed by atoms with van der Waals surface area (Å²) in [6, 6.07) is 5.52. The van der Waals surface area contributed by atoms with Crippen molar-refractivity contribution in [2.24, 2.45) is 0 Å². The van der Waals surface area contributed by atoms with Gasteiger partial charge in [0.05, 0.1) is 11.7 Å². The van der Waals surface area contributed by atoms with Gasteiger partial charge in [-0.3, -0.25) is 9.78 Å². The molecule has 0 unspecified atom stereocenters. The second-order valence-electron chi connectivity index (χ2n) is 7.40. The SMILES string of the molecule is CN(Cc1ccc(OC(F)(F)F)cc1)c1nc2c(cnn2C(C)(C)C)c(=O)[nH]1. The van der Waals surface area contributed by atoms with Gasteiger partial charge >= 0.3 is 6.36 Å². The first-order chi connectivity index (χ1) is 12.9. The Morgan fingerprint density at radius 1 is 1.18 bits per heavy atom. The molecule has 1 aromatic carbocycles. The molecule has 0 spiro atoms. The van der Waals surface area contributed by atoms with Crippen LogP contribution in [0.3, 0.4) is 0 Å². The third kappa shape index (κ3) is 4.26. The average molecular weight is 395 g/mol. The molecule has 2 aromatic heterocycles. The van der Waals surface area contributed by atoms with Crippen LogP contribution in [0.4, 0.5) is 19.1 Å². The first kappa shape index (κ1) is 19.7. The summed E-state index contributed by atoms with van der Waals surface area (Å²) in [6.45, 7) is 6.19. The zero-order valence-electron chi connectivity index (χ0n) is 15.8. The predicted molar refractivity (Wildman–Crippen MR) is 98.4 cm³/mol. The summed E-state index contributed by atoms with van der Waals surface area (Å²) >= 11 is 0. The highest BCUT2D eigenvalue weighted by Gasteiger charge is 2.31. The molecule has 0 aliphatic carbocycles. The van der Waals surface area contributed by atoms with Crippen LogP contribution in [0.2, 0.25) is 0 Å². The van der Waals surface area contributed by atoms with Crippen molar-refractivity contribution in [3.63, 3.8) is 0 Å². The lowest BCUT2D eigenvalue weighted by Crippen LogP contribution is -2.26. The number of hydrogen-bond donors (Lipinski definition) is 1. The third-order valence-electron chi connectivity index (χ3n) is 4.00. The van der Waals surface area contributed by atoms with Gasteiger partial charge in [-0.15, -0.1) is 13.2 Å². The Labute approximate surface area is 158 Å². The molecule has 0 bridgehead atoms. The second kappa shape index (κ2) is 6.84. The zero-order valence-corrected chi connectivity index (χ0v) is 15.8. The van der Waals surface area contributed by atoms with Crippen LogP contribution >= 0.6 is 0 Å². The van der Waals surface area contributed by atoms with E-state index in [4.69, 9.17) is 0 Å². The number of benzene rings is 1. The number of nitrogens with zero attached hydrogens (tertiary/aromatic N) is 4. The van der Waals surface area contributed by atoms with Gasteiger partial charge in [-0.25, -0.2) is 4.68 Å². The van der Waals surface area contributed by atoms with Crippen molar-refractivity contribution in [2.75, 3.05) is 11.9 Å². The van der Waals surface area contributed by atoms with E-state index < -0.39 is 6.36 Å². The Morgan fingerprint density at radius 2 is 1.82 bits per heavy atom. The Kier molecular flexibility index (Phi) is 4.82. The number of nitrogens with one attached hydrogen (secondary N) is 1. The number of hydrogen-bond acceptors (Lipinski definition) is 5. The molecule has 2 heterocycles. The van der Waals surface area contributed by atoms with Crippen molar-refractivity contribution in [1.29, 1.82) is 0 Å². The van der Waals surface area contributed by atoms with E-state index >= 15 is 0 Å². The maximum atomic E-state index is 12.4. The number of anilines is 1. The minimum absolute atomic E-state index is 0.291. The largest absolute Gasteiger partial charge is 0.573 e. The number of rotatable bonds is 4. The number of H-pyrrole nitrogens is 1. The molecule has 0 amide bonds. The lowest BCUT2D eigenvalue weighted by Gasteiger charge is -2.21. The molecule has 10 heteroatoms. The molecule has 0 atom stereocenters. The lowest BCUT2D eigenvalue weighted by molar-refractivity contribution is -0.274. The molecule has 1 N–H and O–H groups in total. The van der Waals surface area contributed by atoms with E-state index in [1.165, 1.54) is 30.5 Å². The fourth-order valence-electron chi connectivity index (χ4n) is 2.72. The van der Waals surface area contributed by atoms with Gasteiger partial charge in [0.2, 0.25) is 5.95 Å². The molecule has 0 aliphatic rings. The highest BCUT2D eigenvalue weighted by Crippen LogP contribution is 2.24. The highest BCUT2D eigenvalue weighted by molar-refractivity contribution is 5.74. The van der Waals surface area contributed by atoms with E-state index in [-0.39, 0.29) is 16.8 Å². The molecule has 3 rings (SSSR count). The van der Waals surface area contributed by atoms with Gasteiger partial charge in [0, 0.05) is 13.6 Å². The van der Waals surface area contributed by atoms with Crippen LogP contribution in [0.25, 0.3) is 11.0 Å². The monoisotopic (exact) mass is 395 g/mol. The summed E-state index contributed by atoms with van der Waals surface area (Å²) in [4.78, 5) is 21.3. The summed E-state index contributed by atoms with van der Waals surface area (Å²) in [6.07, 6.45) is -3.25. The van der Waals surface area contributed by atoms with Crippen molar-refractivity contribution < 1.29 is 17.9 Å². The van der Waals surface area contributed by atoms with E-state index in [0.717, 1.165) is 5.56 Å². The topological polar surface area (TPSA) is 76.0 Å². The van der Waals surface area contributed by atoms with Crippen LogP contribution in [0, 0.1) is 0 Å². The van der Waals surface area contributed by atoms with Crippen LogP contribution < -0.4 is 15.2 Å². The summed E-state index contributed by atoms with van der Waals surface area (Å²) in [5, 5.41) is 4.65. The van der Waals surface area contributed by atoms with Gasteiger partial charge in [0.15, 0.2) is 5.65 Å². The Balaban J connectivity index is 1.85. The van der Waals surface area contributed by atoms with Crippen molar-refractivity contribution in [3.8, 4) is 5.75 Å². The van der Waals surface area contributed by atoms with E-state index in [9.17, 15) is 18.0 Å². The molecular formula is C18H20F3N5O2. The quantitative estimate of drug-likeness (QED) is 0.733. The third-order valence-corrected chi connectivity index (χ3v) is 4.00. The van der Waals surface area contributed by atoms with Crippen LogP contribution in [0.5, 0.6) is 5.75 Å². The minimum atomic E-state index is -4.73. The van der Waals surface area contributed by atoms with E-state index in [0.29, 0.717) is 23.5 Å². The fraction of sp³-hybridized carbons (Fsp3) is 0.389. The number of halogens is 3. The molecule has 28 heavy (non-hydrogen) atoms. The smallest absolute Gasteiger partial charge is 0.406 e. The normalized spacial score (nSPS) is 12.4. The Hall–Kier alpha value is -3.04. The Morgan fingerprint density at radius 3 is 2.39 bits per heavy atom. The van der Waals surface area contributed by atoms with Crippen LogP contribution in [-0.4, -0.2) is 33.2 Å². The van der Waals surface area contributed by atoms with Crippen molar-refractivity contribution in [3.05, 3.63) is 46.4 Å². The lowest BCUT2D eigenvalue weighted by atomic mass is 10.1. The summed E-state index contributed by atoms with van der Waals surface area (Å²) in [7, 11) is 1.72. The molecule has 0 aliphatic heterocycles. The summed E-state index contributed by atoms with van der Waals surface area (Å²) in [5.74, 6) is 0.0417. The van der Waals surface area contributed by atoms with Gasteiger partial charge in [0.1, 0.15) is 11.1 Å². The van der Waals surface area contributed by atoms with Gasteiger partial charge in [-0.05, 0) is 38.5 Å². The standard InChI is InChI=1S/C18H20F3N5O2/c1-17(2,3)26-14-13(9-22-26)15(27)24-16(23-14)25(4)10-11-5-7-12(8-6-11)28-18(19,20)21/h5-9H,10H2,1-4H3,(H,23,24,27). The molecule has 0 saturated heterocycles. The van der Waals surface area contributed by atoms with Crippen molar-refractivity contribution in [2.45, 2.75) is 39.2 Å². The number of aromatic nitrogens is 4. The van der Waals surface area contributed by atoms with Crippen molar-refractivity contribution >= 4 is 17.0 Å². The van der Waals surface area contributed by atoms with Gasteiger partial charge < -0.3 is 9.64 Å². The van der Waals surface area contributed by atoms with Crippen LogP contribution in [-0.2, 0) is 12.1 Å². The molecule has 0 radical (unpaired) electrons. The number of ether oxygens (including phenoxy) is 1. The van der Waals surface area contributed by atoms with E-state index in [1.807, 2.05) is 20.8 Å². The molecule has 7 nitrogen and oxygen atoms in total. The van der Waals surface area contributed by atoms with Gasteiger partial charge in [0.25, 0.3) is 5.56 Å². The van der Waals surface area contributed by atoms with Gasteiger partial charge in [-0.1, -0.05) is 12.1 Å². The van der Waals surface area contributed by atoms with E-state index in [1.54, 1.807) is 16.6 Å². The van der Waals surface area contributed by atoms with Crippen LogP contribution in [0.15, 0.2) is 35.3 Å². The maximum absolute atomic E-state index is 12.4. The second-order valence-corrected chi connectivity index (χ2v) is 7.40. The molecule has 3 aromatic rings. The highest BCUT2D eigenvalue weighted by atomic mass is 19.4. The fourth-order valence-corrected chi connectivity index (χ4v) is 2.72. The average Bonchev–Trinajstić information content (AvgIpc) is 3.00. The van der Waals surface area contributed by atoms with Crippen molar-refractivity contribution in [1.82, 2.24) is 19.7 Å². The molecule has 0 fully saturated rings. The van der Waals surface area contributed by atoms with Crippen LogP contribution in [0.1, 0.15) is 26.3 Å². The summed E-state index contributed by atoms with van der Waals surface area (Å²) < 4.78 is 42.3. The predicted octanol–water partition coefficient (Wildman–Crippen LogP) is 3.41. The van der Waals surface area contributed by atoms with E-state index in [2.05, 4.69) is 19.8 Å². The summed E-state index contributed by atoms with van der Waals surface area (Å²) in [5.41, 5.74) is 0.527.